The lowest BCUT2D eigenvalue weighted by molar-refractivity contribution is -0.193. The van der Waals surface area contributed by atoms with Crippen molar-refractivity contribution in [1.82, 2.24) is 24.3 Å². The molecule has 44 heavy (non-hydrogen) atoms. The molecule has 0 aliphatic carbocycles. The van der Waals surface area contributed by atoms with Crippen LogP contribution in [0.1, 0.15) is 35.9 Å². The zero-order valence-corrected chi connectivity index (χ0v) is 23.3. The van der Waals surface area contributed by atoms with E-state index in [9.17, 15) is 31.1 Å². The Balaban J connectivity index is 0.000000317. The van der Waals surface area contributed by atoms with Crippen LogP contribution in [0.25, 0.3) is 11.3 Å². The average molecular weight is 630 g/mol. The highest BCUT2D eigenvalue weighted by Gasteiger charge is 2.47. The summed E-state index contributed by atoms with van der Waals surface area (Å²) in [5.41, 5.74) is 3.01. The van der Waals surface area contributed by atoms with E-state index >= 15 is 0 Å². The van der Waals surface area contributed by atoms with Crippen LogP contribution in [0.4, 0.5) is 26.3 Å². The van der Waals surface area contributed by atoms with Crippen LogP contribution in [0.2, 0.25) is 0 Å². The van der Waals surface area contributed by atoms with E-state index in [1.807, 2.05) is 17.2 Å². The predicted molar refractivity (Wildman–Crippen MR) is 143 cm³/mol. The first-order valence-electron chi connectivity index (χ1n) is 13.3. The highest BCUT2D eigenvalue weighted by Crippen LogP contribution is 2.42. The number of alkyl halides is 6. The first-order chi connectivity index (χ1) is 20.6. The van der Waals surface area contributed by atoms with Crippen LogP contribution < -0.4 is 0 Å². The molecule has 238 valence electrons. The minimum atomic E-state index is -5.08. The Hall–Kier alpha value is -4.47. The maximum absolute atomic E-state index is 12.9. The summed E-state index contributed by atoms with van der Waals surface area (Å²) in [6, 6.07) is 14.1. The topological polar surface area (TPSA) is 129 Å². The van der Waals surface area contributed by atoms with E-state index < -0.39 is 24.3 Å². The lowest BCUT2D eigenvalue weighted by atomic mass is 9.83. The van der Waals surface area contributed by atoms with E-state index in [1.165, 1.54) is 11.3 Å². The summed E-state index contributed by atoms with van der Waals surface area (Å²) in [6.45, 7) is 6.67. The molecule has 1 saturated heterocycles. The zero-order chi connectivity index (χ0) is 32.7. The Bertz CT molecular complexity index is 1400. The summed E-state index contributed by atoms with van der Waals surface area (Å²) < 4.78 is 65.9. The molecule has 5 rings (SSSR count). The molecule has 3 aromatic rings. The van der Waals surface area contributed by atoms with Crippen LogP contribution in [0, 0.1) is 0 Å². The van der Waals surface area contributed by atoms with Crippen molar-refractivity contribution < 1.29 is 50.9 Å². The number of carbonyl (C=O) groups excluding carboxylic acids is 1. The van der Waals surface area contributed by atoms with Gasteiger partial charge in [0.25, 0.3) is 5.91 Å². The molecule has 1 fully saturated rings. The Morgan fingerprint density at radius 1 is 0.841 bits per heavy atom. The van der Waals surface area contributed by atoms with Crippen LogP contribution in [0.3, 0.4) is 0 Å². The molecule has 0 saturated carbocycles. The number of pyridine rings is 1. The maximum atomic E-state index is 12.9. The molecule has 0 bridgehead atoms. The second kappa shape index (κ2) is 13.9. The summed E-state index contributed by atoms with van der Waals surface area (Å²) >= 11 is 0. The number of rotatable bonds is 3. The largest absolute Gasteiger partial charge is 0.490 e. The molecular formula is C28H29F6N5O5. The molecule has 0 atom stereocenters. The number of halogens is 6. The fourth-order valence-corrected chi connectivity index (χ4v) is 5.15. The third-order valence-electron chi connectivity index (χ3n) is 7.21. The fraction of sp³-hybridized carbons (Fsp3) is 0.393. The van der Waals surface area contributed by atoms with E-state index in [4.69, 9.17) is 24.8 Å². The number of carboxylic acids is 2. The Kier molecular flexibility index (Phi) is 10.7. The van der Waals surface area contributed by atoms with E-state index in [1.54, 1.807) is 24.5 Å². The fourth-order valence-electron chi connectivity index (χ4n) is 5.15. The normalized spacial score (nSPS) is 16.1. The van der Waals surface area contributed by atoms with Crippen molar-refractivity contribution in [3.05, 3.63) is 72.4 Å². The summed E-state index contributed by atoms with van der Waals surface area (Å²) in [4.78, 5) is 44.2. The highest BCUT2D eigenvalue weighted by molar-refractivity contribution is 5.94. The average Bonchev–Trinajstić information content (AvgIpc) is 3.43. The van der Waals surface area contributed by atoms with Gasteiger partial charge in [0.1, 0.15) is 5.82 Å². The molecule has 10 nitrogen and oxygen atoms in total. The van der Waals surface area contributed by atoms with Gasteiger partial charge in [-0.1, -0.05) is 37.3 Å². The van der Waals surface area contributed by atoms with Crippen LogP contribution >= 0.6 is 0 Å². The number of amides is 1. The van der Waals surface area contributed by atoms with Gasteiger partial charge in [-0.2, -0.15) is 26.3 Å². The van der Waals surface area contributed by atoms with Crippen molar-refractivity contribution in [3.8, 4) is 11.3 Å². The van der Waals surface area contributed by atoms with Crippen LogP contribution in [-0.2, 0) is 21.7 Å². The van der Waals surface area contributed by atoms with Crippen LogP contribution in [-0.4, -0.2) is 90.9 Å². The van der Waals surface area contributed by atoms with Gasteiger partial charge < -0.3 is 19.7 Å². The van der Waals surface area contributed by atoms with Crippen LogP contribution in [0.15, 0.2) is 61.1 Å². The van der Waals surface area contributed by atoms with Crippen molar-refractivity contribution in [2.45, 2.75) is 44.2 Å². The predicted octanol–water partition coefficient (Wildman–Crippen LogP) is 4.68. The van der Waals surface area contributed by atoms with Crippen molar-refractivity contribution in [2.24, 2.45) is 0 Å². The molecule has 0 unspecified atom stereocenters. The number of aromatic nitrogens is 3. The number of aliphatic carboxylic acids is 2. The lowest BCUT2D eigenvalue weighted by Crippen LogP contribution is -2.58. The molecule has 1 aromatic carbocycles. The van der Waals surface area contributed by atoms with Crippen molar-refractivity contribution >= 4 is 17.8 Å². The number of benzene rings is 1. The molecular weight excluding hydrogens is 600 g/mol. The molecule has 2 N–H and O–H groups in total. The molecule has 2 aliphatic heterocycles. The summed E-state index contributed by atoms with van der Waals surface area (Å²) in [7, 11) is 0. The number of likely N-dealkylation sites (tertiary alicyclic amines) is 1. The van der Waals surface area contributed by atoms with Gasteiger partial charge in [-0.15, -0.1) is 0 Å². The highest BCUT2D eigenvalue weighted by atomic mass is 19.4. The quantitative estimate of drug-likeness (QED) is 0.400. The standard InChI is InChI=1S/C24H27N5O.2C2HF3O2/c1-2-28-16-17-29-21(19-6-4-3-5-7-19)18-26-23(29)24(28)10-14-27(15-11-24)22(30)20-8-12-25-13-9-20;2*3-2(4,5)1(6)7/h3-9,12-13,18H,2,10-11,14-17H2,1H3;2*(H,6,7). The summed E-state index contributed by atoms with van der Waals surface area (Å²) in [5, 5.41) is 14.2. The minimum Gasteiger partial charge on any atom is -0.475 e. The molecule has 4 heterocycles. The third kappa shape index (κ3) is 7.92. The number of likely N-dealkylation sites (N-methyl/N-ethyl adjacent to an activating group) is 1. The number of hydrogen-bond donors (Lipinski definition) is 2. The van der Waals surface area contributed by atoms with Crippen molar-refractivity contribution in [2.75, 3.05) is 26.2 Å². The van der Waals surface area contributed by atoms with Gasteiger partial charge in [0.2, 0.25) is 0 Å². The van der Waals surface area contributed by atoms with Gasteiger partial charge in [0.05, 0.1) is 17.4 Å². The maximum Gasteiger partial charge on any atom is 0.490 e. The molecule has 1 spiro atoms. The Morgan fingerprint density at radius 2 is 1.36 bits per heavy atom. The third-order valence-corrected chi connectivity index (χ3v) is 7.21. The summed E-state index contributed by atoms with van der Waals surface area (Å²) in [5.74, 6) is -4.26. The second-order valence-corrected chi connectivity index (χ2v) is 9.73. The van der Waals surface area contributed by atoms with Gasteiger partial charge in [-0.25, -0.2) is 14.6 Å². The van der Waals surface area contributed by atoms with Crippen LogP contribution in [0.5, 0.6) is 0 Å². The van der Waals surface area contributed by atoms with Crippen molar-refractivity contribution in [1.29, 1.82) is 0 Å². The van der Waals surface area contributed by atoms with Gasteiger partial charge in [-0.3, -0.25) is 14.7 Å². The summed E-state index contributed by atoms with van der Waals surface area (Å²) in [6.07, 6.45) is -2.97. The number of hydrogen-bond acceptors (Lipinski definition) is 6. The Labute approximate surface area is 247 Å². The smallest absolute Gasteiger partial charge is 0.475 e. The van der Waals surface area contributed by atoms with Gasteiger partial charge in [-0.05, 0) is 37.1 Å². The van der Waals surface area contributed by atoms with Gasteiger partial charge in [0, 0.05) is 44.1 Å². The number of carboxylic acid groups (broad SMARTS) is 2. The second-order valence-electron chi connectivity index (χ2n) is 9.73. The first kappa shape index (κ1) is 34.0. The minimum absolute atomic E-state index is 0.0967. The van der Waals surface area contributed by atoms with Gasteiger partial charge in [0.15, 0.2) is 0 Å². The molecule has 16 heteroatoms. The number of nitrogens with zero attached hydrogens (tertiary/aromatic N) is 5. The Morgan fingerprint density at radius 3 is 1.84 bits per heavy atom. The number of piperidine rings is 1. The monoisotopic (exact) mass is 629 g/mol. The first-order valence-corrected chi connectivity index (χ1v) is 13.3. The molecule has 2 aliphatic rings. The number of carbonyl (C=O) groups is 3. The van der Waals surface area contributed by atoms with E-state index in [-0.39, 0.29) is 11.4 Å². The molecule has 1 amide bonds. The van der Waals surface area contributed by atoms with E-state index in [0.717, 1.165) is 51.4 Å². The lowest BCUT2D eigenvalue weighted by Gasteiger charge is -2.50. The van der Waals surface area contributed by atoms with Gasteiger partial charge >= 0.3 is 24.3 Å². The van der Waals surface area contributed by atoms with E-state index in [2.05, 4.69) is 45.6 Å². The zero-order valence-electron chi connectivity index (χ0n) is 23.3. The van der Waals surface area contributed by atoms with E-state index in [0.29, 0.717) is 5.56 Å². The molecule has 2 aromatic heterocycles. The number of imidazole rings is 1. The molecule has 0 radical (unpaired) electrons. The SMILES string of the molecule is CCN1CCn2c(-c3ccccc3)cnc2C12CCN(C(=O)c1ccncc1)CC2.O=C(O)C(F)(F)F.O=C(O)C(F)(F)F. The van der Waals surface area contributed by atoms with Crippen molar-refractivity contribution in [3.63, 3.8) is 0 Å². The number of fused-ring (bicyclic) bond motifs is 2.